The van der Waals surface area contributed by atoms with Crippen molar-refractivity contribution >= 4 is 17.2 Å². The number of amides is 1. The second-order valence-corrected chi connectivity index (χ2v) is 4.42. The highest BCUT2D eigenvalue weighted by Gasteiger charge is 2.63. The number of hydrogen-bond donors (Lipinski definition) is 1. The molecule has 1 heterocycles. The summed E-state index contributed by atoms with van der Waals surface area (Å²) in [6, 6.07) is 0. The molecule has 3 nitrogen and oxygen atoms in total. The Morgan fingerprint density at radius 3 is 2.41 bits per heavy atom. The van der Waals surface area contributed by atoms with Gasteiger partial charge in [0.2, 0.25) is 0 Å². The van der Waals surface area contributed by atoms with Crippen LogP contribution in [0, 0.1) is 6.92 Å². The smallest absolute Gasteiger partial charge is 0.346 e. The SMILES string of the molecule is Cc1ncc(CNC(=O)C(F)(F)C(F)(F)F)s1. The first-order valence-corrected chi connectivity index (χ1v) is 5.10. The lowest BCUT2D eigenvalue weighted by Gasteiger charge is -2.18. The first-order chi connectivity index (χ1) is 7.64. The summed E-state index contributed by atoms with van der Waals surface area (Å²) in [5.41, 5.74) is 0. The molecule has 9 heteroatoms. The number of carbonyl (C=O) groups excluding carboxylic acids is 1. The van der Waals surface area contributed by atoms with Crippen LogP contribution in [-0.2, 0) is 11.3 Å². The molecule has 0 unspecified atom stereocenters. The third-order valence-corrected chi connectivity index (χ3v) is 2.65. The quantitative estimate of drug-likeness (QED) is 0.859. The van der Waals surface area contributed by atoms with Crippen molar-refractivity contribution in [2.45, 2.75) is 25.6 Å². The Morgan fingerprint density at radius 1 is 1.41 bits per heavy atom. The molecule has 1 aromatic rings. The van der Waals surface area contributed by atoms with Crippen LogP contribution >= 0.6 is 11.3 Å². The lowest BCUT2D eigenvalue weighted by atomic mass is 10.3. The van der Waals surface area contributed by atoms with Gasteiger partial charge in [0.25, 0.3) is 0 Å². The van der Waals surface area contributed by atoms with Gasteiger partial charge in [-0.3, -0.25) is 4.79 Å². The lowest BCUT2D eigenvalue weighted by Crippen LogP contribution is -2.50. The van der Waals surface area contributed by atoms with Gasteiger partial charge in [-0.05, 0) is 6.92 Å². The second kappa shape index (κ2) is 4.55. The summed E-state index contributed by atoms with van der Waals surface area (Å²) in [4.78, 5) is 14.9. The molecule has 0 fully saturated rings. The first-order valence-electron chi connectivity index (χ1n) is 4.28. The van der Waals surface area contributed by atoms with Crippen molar-refractivity contribution in [3.63, 3.8) is 0 Å². The van der Waals surface area contributed by atoms with E-state index in [0.717, 1.165) is 11.3 Å². The van der Waals surface area contributed by atoms with E-state index in [4.69, 9.17) is 0 Å². The van der Waals surface area contributed by atoms with Crippen LogP contribution in [0.4, 0.5) is 22.0 Å². The molecule has 0 spiro atoms. The van der Waals surface area contributed by atoms with Gasteiger partial charge >= 0.3 is 18.0 Å². The number of alkyl halides is 5. The molecule has 0 radical (unpaired) electrons. The minimum absolute atomic E-state index is 0.397. The van der Waals surface area contributed by atoms with Crippen molar-refractivity contribution in [2.24, 2.45) is 0 Å². The minimum Gasteiger partial charge on any atom is -0.346 e. The Hall–Kier alpha value is -1.25. The number of aromatic nitrogens is 1. The van der Waals surface area contributed by atoms with Crippen molar-refractivity contribution in [2.75, 3.05) is 0 Å². The summed E-state index contributed by atoms with van der Waals surface area (Å²) in [6.45, 7) is 1.23. The summed E-state index contributed by atoms with van der Waals surface area (Å²) in [5.74, 6) is -7.75. The number of nitrogens with one attached hydrogen (secondary N) is 1. The Bertz CT molecular complexity index is 414. The van der Waals surface area contributed by atoms with Gasteiger partial charge in [0.15, 0.2) is 0 Å². The van der Waals surface area contributed by atoms with Crippen LogP contribution in [0.3, 0.4) is 0 Å². The van der Waals surface area contributed by atoms with Crippen LogP contribution in [0.5, 0.6) is 0 Å². The van der Waals surface area contributed by atoms with E-state index in [1.54, 1.807) is 6.92 Å². The fraction of sp³-hybridized carbons (Fsp3) is 0.500. The average Bonchev–Trinajstić information content (AvgIpc) is 2.58. The number of carbonyl (C=O) groups is 1. The lowest BCUT2D eigenvalue weighted by molar-refractivity contribution is -0.269. The maximum absolute atomic E-state index is 12.5. The molecular weight excluding hydrogens is 267 g/mol. The Morgan fingerprint density at radius 2 is 2.00 bits per heavy atom. The van der Waals surface area contributed by atoms with Crippen molar-refractivity contribution in [3.05, 3.63) is 16.1 Å². The van der Waals surface area contributed by atoms with Crippen LogP contribution in [0.25, 0.3) is 0 Å². The molecule has 1 amide bonds. The summed E-state index contributed by atoms with van der Waals surface area (Å²) in [7, 11) is 0. The van der Waals surface area contributed by atoms with Gasteiger partial charge in [0, 0.05) is 11.1 Å². The monoisotopic (exact) mass is 274 g/mol. The highest BCUT2D eigenvalue weighted by molar-refractivity contribution is 7.11. The van der Waals surface area contributed by atoms with E-state index >= 15 is 0 Å². The van der Waals surface area contributed by atoms with Crippen LogP contribution < -0.4 is 5.32 Å². The van der Waals surface area contributed by atoms with E-state index in [0.29, 0.717) is 9.88 Å². The van der Waals surface area contributed by atoms with Crippen molar-refractivity contribution in [1.82, 2.24) is 10.3 Å². The Labute approximate surface area is 96.7 Å². The highest BCUT2D eigenvalue weighted by Crippen LogP contribution is 2.35. The van der Waals surface area contributed by atoms with Gasteiger partial charge in [-0.1, -0.05) is 0 Å². The zero-order chi connectivity index (χ0) is 13.3. The normalized spacial score (nSPS) is 12.6. The van der Waals surface area contributed by atoms with Crippen LogP contribution in [0.15, 0.2) is 6.20 Å². The third kappa shape index (κ3) is 3.11. The Balaban J connectivity index is 2.61. The molecule has 17 heavy (non-hydrogen) atoms. The molecule has 0 aromatic carbocycles. The van der Waals surface area contributed by atoms with Crippen molar-refractivity contribution in [1.29, 1.82) is 0 Å². The summed E-state index contributed by atoms with van der Waals surface area (Å²) in [5, 5.41) is 2.14. The predicted molar refractivity (Wildman–Crippen MR) is 49.7 cm³/mol. The Kier molecular flexibility index (Phi) is 3.70. The largest absolute Gasteiger partial charge is 0.463 e. The molecule has 0 aliphatic rings. The molecular formula is C8H7F5N2OS. The van der Waals surface area contributed by atoms with E-state index in [1.165, 1.54) is 11.5 Å². The van der Waals surface area contributed by atoms with Gasteiger partial charge < -0.3 is 5.32 Å². The van der Waals surface area contributed by atoms with Crippen molar-refractivity contribution in [3.8, 4) is 0 Å². The number of rotatable bonds is 3. The number of thiazole rings is 1. The van der Waals surface area contributed by atoms with Gasteiger partial charge in [-0.2, -0.15) is 22.0 Å². The van der Waals surface area contributed by atoms with Crippen LogP contribution in [0.1, 0.15) is 9.88 Å². The van der Waals surface area contributed by atoms with Gasteiger partial charge in [-0.25, -0.2) is 4.98 Å². The summed E-state index contributed by atoms with van der Waals surface area (Å²) < 4.78 is 60.3. The van der Waals surface area contributed by atoms with Gasteiger partial charge in [0.1, 0.15) is 0 Å². The zero-order valence-electron chi connectivity index (χ0n) is 8.44. The topological polar surface area (TPSA) is 42.0 Å². The maximum Gasteiger partial charge on any atom is 0.463 e. The highest BCUT2D eigenvalue weighted by atomic mass is 32.1. The zero-order valence-corrected chi connectivity index (χ0v) is 9.25. The molecule has 0 saturated heterocycles. The maximum atomic E-state index is 12.5. The van der Waals surface area contributed by atoms with E-state index in [-0.39, 0.29) is 0 Å². The van der Waals surface area contributed by atoms with Gasteiger partial charge in [-0.15, -0.1) is 11.3 Å². The fourth-order valence-electron chi connectivity index (χ4n) is 0.894. The summed E-state index contributed by atoms with van der Waals surface area (Å²) >= 11 is 1.10. The predicted octanol–water partition coefficient (Wildman–Crippen LogP) is 2.27. The minimum atomic E-state index is -5.89. The molecule has 1 aromatic heterocycles. The van der Waals surface area contributed by atoms with E-state index in [1.807, 2.05) is 0 Å². The molecule has 96 valence electrons. The number of hydrogen-bond acceptors (Lipinski definition) is 3. The molecule has 1 N–H and O–H groups in total. The molecule has 0 bridgehead atoms. The fourth-order valence-corrected chi connectivity index (χ4v) is 1.63. The number of aryl methyl sites for hydroxylation is 1. The summed E-state index contributed by atoms with van der Waals surface area (Å²) in [6.07, 6.45) is -4.59. The number of halogens is 5. The molecule has 0 atom stereocenters. The third-order valence-electron chi connectivity index (χ3n) is 1.73. The number of nitrogens with zero attached hydrogens (tertiary/aromatic N) is 1. The van der Waals surface area contributed by atoms with Crippen molar-refractivity contribution < 1.29 is 26.7 Å². The standard InChI is InChI=1S/C8H7F5N2OS/c1-4-14-2-5(17-4)3-15-6(16)7(9,10)8(11,12)13/h2H,3H2,1H3,(H,15,16). The van der Waals surface area contributed by atoms with E-state index < -0.39 is 24.6 Å². The van der Waals surface area contributed by atoms with Crippen LogP contribution in [0.2, 0.25) is 0 Å². The van der Waals surface area contributed by atoms with E-state index in [9.17, 15) is 26.7 Å². The van der Waals surface area contributed by atoms with E-state index in [2.05, 4.69) is 4.98 Å². The van der Waals surface area contributed by atoms with Crippen LogP contribution in [-0.4, -0.2) is 23.0 Å². The molecule has 0 saturated carbocycles. The molecule has 1 rings (SSSR count). The molecule has 0 aliphatic heterocycles. The average molecular weight is 274 g/mol. The molecule has 0 aliphatic carbocycles. The second-order valence-electron chi connectivity index (χ2n) is 3.10. The first kappa shape index (κ1) is 13.8. The van der Waals surface area contributed by atoms with Gasteiger partial charge in [0.05, 0.1) is 11.6 Å².